The summed E-state index contributed by atoms with van der Waals surface area (Å²) < 4.78 is 24.9. The quantitative estimate of drug-likeness (QED) is 0.331. The molecule has 0 saturated heterocycles. The van der Waals surface area contributed by atoms with E-state index in [1.807, 2.05) is 73.7 Å². The lowest BCUT2D eigenvalue weighted by Crippen LogP contribution is -2.32. The Bertz CT molecular complexity index is 1460. The minimum Gasteiger partial charge on any atom is -0.392 e. The van der Waals surface area contributed by atoms with Gasteiger partial charge < -0.3 is 9.94 Å². The van der Waals surface area contributed by atoms with Crippen LogP contribution in [0.3, 0.4) is 0 Å². The second-order valence-corrected chi connectivity index (χ2v) is 12.9. The van der Waals surface area contributed by atoms with Gasteiger partial charge in [-0.05, 0) is 66.8 Å². The van der Waals surface area contributed by atoms with Gasteiger partial charge >= 0.3 is 0 Å². The van der Waals surface area contributed by atoms with E-state index in [0.717, 1.165) is 59.9 Å². The van der Waals surface area contributed by atoms with Crippen LogP contribution in [-0.2, 0) is 31.5 Å². The number of nitrogens with zero attached hydrogens (tertiary/aromatic N) is 1. The zero-order valence-electron chi connectivity index (χ0n) is 22.9. The Balaban J connectivity index is 1.21. The van der Waals surface area contributed by atoms with E-state index in [1.54, 1.807) is 0 Å². The Hall–Kier alpha value is -3.49. The van der Waals surface area contributed by atoms with Gasteiger partial charge in [-0.15, -0.1) is 0 Å². The molecule has 1 heterocycles. The maximum absolute atomic E-state index is 12.2. The summed E-state index contributed by atoms with van der Waals surface area (Å²) in [5.74, 6) is -0.650. The second-order valence-electron chi connectivity index (χ2n) is 11.2. The molecular formula is C32H36N2O5S. The Kier molecular flexibility index (Phi) is 8.10. The second kappa shape index (κ2) is 11.6. The highest BCUT2D eigenvalue weighted by Crippen LogP contribution is 2.51. The van der Waals surface area contributed by atoms with Crippen molar-refractivity contribution in [3.05, 3.63) is 95.6 Å². The number of hydrogen-bond donors (Lipinski definition) is 2. The Morgan fingerprint density at radius 2 is 1.65 bits per heavy atom. The van der Waals surface area contributed by atoms with Crippen LogP contribution >= 0.6 is 0 Å². The summed E-state index contributed by atoms with van der Waals surface area (Å²) in [6, 6.07) is 26.6. The number of aliphatic hydroxyl groups excluding tert-OH is 1. The molecule has 1 amide bonds. The van der Waals surface area contributed by atoms with E-state index in [2.05, 4.69) is 22.0 Å². The molecule has 8 heteroatoms. The van der Waals surface area contributed by atoms with Gasteiger partial charge in [-0.2, -0.15) is 0 Å². The van der Waals surface area contributed by atoms with Crippen LogP contribution in [0.15, 0.2) is 84.0 Å². The lowest BCUT2D eigenvalue weighted by Gasteiger charge is -2.23. The fourth-order valence-corrected chi connectivity index (χ4v) is 6.21. The first-order valence-electron chi connectivity index (χ1n) is 13.8. The Labute approximate surface area is 236 Å². The predicted octanol–water partition coefficient (Wildman–Crippen LogP) is 5.30. The van der Waals surface area contributed by atoms with Crippen molar-refractivity contribution >= 4 is 21.6 Å². The van der Waals surface area contributed by atoms with Crippen LogP contribution in [-0.4, -0.2) is 37.5 Å². The fourth-order valence-electron chi connectivity index (χ4n) is 5.72. The smallest absolute Gasteiger partial charge is 0.234 e. The molecule has 1 fully saturated rings. The third-order valence-electron chi connectivity index (χ3n) is 8.06. The van der Waals surface area contributed by atoms with E-state index >= 15 is 0 Å². The normalized spacial score (nSPS) is 20.3. The molecule has 1 aliphatic carbocycles. The molecule has 0 bridgehead atoms. The van der Waals surface area contributed by atoms with Crippen LogP contribution in [0.5, 0.6) is 0 Å². The minimum absolute atomic E-state index is 0.163. The molecule has 5 rings (SSSR count). The molecule has 0 radical (unpaired) electrons. The maximum atomic E-state index is 12.2. The third-order valence-corrected chi connectivity index (χ3v) is 8.66. The summed E-state index contributed by atoms with van der Waals surface area (Å²) in [6.07, 6.45) is 4.50. The molecule has 3 aromatic rings. The van der Waals surface area contributed by atoms with Crippen molar-refractivity contribution in [1.82, 2.24) is 4.72 Å². The van der Waals surface area contributed by atoms with Gasteiger partial charge in [0.25, 0.3) is 0 Å². The molecule has 3 unspecified atom stereocenters. The zero-order chi connectivity index (χ0) is 28.3. The summed E-state index contributed by atoms with van der Waals surface area (Å²) in [7, 11) is -3.56. The average Bonchev–Trinajstić information content (AvgIpc) is 3.60. The van der Waals surface area contributed by atoms with Crippen LogP contribution in [0.4, 0.5) is 0 Å². The molecule has 3 atom stereocenters. The van der Waals surface area contributed by atoms with Crippen molar-refractivity contribution < 1.29 is 23.2 Å². The van der Waals surface area contributed by atoms with Crippen LogP contribution in [0.2, 0.25) is 0 Å². The number of carbonyl (C=O) groups is 1. The summed E-state index contributed by atoms with van der Waals surface area (Å²) >= 11 is 0. The van der Waals surface area contributed by atoms with Gasteiger partial charge in [-0.25, -0.2) is 8.42 Å². The van der Waals surface area contributed by atoms with Crippen LogP contribution in [0.25, 0.3) is 11.1 Å². The zero-order valence-corrected chi connectivity index (χ0v) is 23.7. The van der Waals surface area contributed by atoms with Crippen molar-refractivity contribution in [2.24, 2.45) is 11.1 Å². The van der Waals surface area contributed by atoms with E-state index in [-0.39, 0.29) is 23.9 Å². The van der Waals surface area contributed by atoms with Crippen LogP contribution < -0.4 is 4.72 Å². The number of rotatable bonds is 11. The molecule has 1 saturated carbocycles. The van der Waals surface area contributed by atoms with Gasteiger partial charge in [0.1, 0.15) is 0 Å². The first-order valence-corrected chi connectivity index (χ1v) is 15.7. The van der Waals surface area contributed by atoms with Crippen molar-refractivity contribution in [3.63, 3.8) is 0 Å². The Morgan fingerprint density at radius 3 is 2.25 bits per heavy atom. The number of nitrogens with one attached hydrogen (secondary N) is 1. The Morgan fingerprint density at radius 1 is 1.02 bits per heavy atom. The first kappa shape index (κ1) is 28.1. The van der Waals surface area contributed by atoms with Crippen molar-refractivity contribution in [3.8, 4) is 11.1 Å². The summed E-state index contributed by atoms with van der Waals surface area (Å²) in [6.45, 7) is 1.92. The molecular weight excluding hydrogens is 524 g/mol. The van der Waals surface area contributed by atoms with Gasteiger partial charge in [0, 0.05) is 11.8 Å². The largest absolute Gasteiger partial charge is 0.392 e. The highest BCUT2D eigenvalue weighted by atomic mass is 32.2. The molecule has 3 aromatic carbocycles. The number of aliphatic hydroxyl groups is 1. The van der Waals surface area contributed by atoms with Crippen molar-refractivity contribution in [2.75, 3.05) is 6.26 Å². The highest BCUT2D eigenvalue weighted by Gasteiger charge is 2.46. The molecule has 2 N–H and O–H groups in total. The lowest BCUT2D eigenvalue weighted by atomic mass is 9.85. The molecule has 0 spiro atoms. The number of carbonyl (C=O) groups excluding carboxylic acids is 1. The number of oxime groups is 1. The standard InChI is InChI=1S/C32H36N2O5S/c1-22-30(28(35)10-6-9-23-7-4-3-5-8-23)31(39-33-22)26-13-11-24(12-14-26)25-15-17-27(18-16-25)32(19-20-32)21-29(36)34-40(2,37)38/h3-5,7-8,11-18,28,30-31,35H,6,9-10,19-21H2,1-2H3,(H,34,36). The maximum Gasteiger partial charge on any atom is 0.234 e. The van der Waals surface area contributed by atoms with Crippen molar-refractivity contribution in [1.29, 1.82) is 0 Å². The number of benzene rings is 3. The van der Waals surface area contributed by atoms with Gasteiger partial charge in [0.2, 0.25) is 15.9 Å². The van der Waals surface area contributed by atoms with E-state index in [0.29, 0.717) is 6.42 Å². The average molecular weight is 561 g/mol. The topological polar surface area (TPSA) is 105 Å². The van der Waals surface area contributed by atoms with Crippen LogP contribution in [0, 0.1) is 5.92 Å². The fraction of sp³-hybridized carbons (Fsp3) is 0.375. The minimum atomic E-state index is -3.56. The van der Waals surface area contributed by atoms with Gasteiger partial charge in [0.05, 0.1) is 24.0 Å². The van der Waals surface area contributed by atoms with E-state index in [9.17, 15) is 18.3 Å². The number of sulfonamides is 1. The number of aryl methyl sites for hydroxylation is 1. The van der Waals surface area contributed by atoms with Crippen LogP contribution in [0.1, 0.15) is 61.8 Å². The molecule has 1 aliphatic heterocycles. The first-order chi connectivity index (χ1) is 19.1. The van der Waals surface area contributed by atoms with Gasteiger partial charge in [0.15, 0.2) is 6.10 Å². The molecule has 210 valence electrons. The third kappa shape index (κ3) is 6.62. The number of amides is 1. The van der Waals surface area contributed by atoms with Gasteiger partial charge in [-0.3, -0.25) is 9.52 Å². The summed E-state index contributed by atoms with van der Waals surface area (Å²) in [5.41, 5.74) is 5.92. The number of hydrogen-bond acceptors (Lipinski definition) is 6. The van der Waals surface area contributed by atoms with Crippen molar-refractivity contribution in [2.45, 2.75) is 63.1 Å². The SMILES string of the molecule is CC1=NOC(c2ccc(-c3ccc(C4(CC(=O)NS(C)(=O)=O)CC4)cc3)cc2)C1C(O)CCCc1ccccc1. The summed E-state index contributed by atoms with van der Waals surface area (Å²) in [5, 5.41) is 15.3. The van der Waals surface area contributed by atoms with Gasteiger partial charge in [-0.1, -0.05) is 84.0 Å². The highest BCUT2D eigenvalue weighted by molar-refractivity contribution is 7.89. The van der Waals surface area contributed by atoms with E-state index in [1.165, 1.54) is 5.56 Å². The predicted molar refractivity (Wildman–Crippen MR) is 156 cm³/mol. The lowest BCUT2D eigenvalue weighted by molar-refractivity contribution is -0.119. The van der Waals surface area contributed by atoms with E-state index < -0.39 is 22.0 Å². The molecule has 2 aliphatic rings. The molecule has 7 nitrogen and oxygen atoms in total. The molecule has 40 heavy (non-hydrogen) atoms. The monoisotopic (exact) mass is 560 g/mol. The summed E-state index contributed by atoms with van der Waals surface area (Å²) in [4.78, 5) is 18.0. The van der Waals surface area contributed by atoms with E-state index in [4.69, 9.17) is 4.84 Å². The molecule has 0 aromatic heterocycles.